The molecule has 19 heavy (non-hydrogen) atoms. The fraction of sp³-hybridized carbons (Fsp3) is 0.688. The van der Waals surface area contributed by atoms with E-state index in [2.05, 4.69) is 42.2 Å². The molecule has 0 spiro atoms. The van der Waals surface area contributed by atoms with Crippen LogP contribution in [0.5, 0.6) is 0 Å². The maximum atomic E-state index is 4.50. The Morgan fingerprint density at radius 1 is 1.32 bits per heavy atom. The topological polar surface area (TPSA) is 28.2 Å². The van der Waals surface area contributed by atoms with Gasteiger partial charge in [0.15, 0.2) is 0 Å². The zero-order valence-corrected chi connectivity index (χ0v) is 12.5. The van der Waals surface area contributed by atoms with Crippen LogP contribution < -0.4 is 5.32 Å². The van der Waals surface area contributed by atoms with Crippen LogP contribution in [-0.4, -0.2) is 35.6 Å². The van der Waals surface area contributed by atoms with Crippen LogP contribution in [0.15, 0.2) is 18.3 Å². The average molecular weight is 261 g/mol. The molecule has 0 atom stereocenters. The third kappa shape index (κ3) is 4.02. The maximum absolute atomic E-state index is 4.50. The van der Waals surface area contributed by atoms with Crippen LogP contribution in [0.4, 0.5) is 0 Å². The van der Waals surface area contributed by atoms with Gasteiger partial charge in [-0.3, -0.25) is 9.88 Å². The first-order chi connectivity index (χ1) is 9.20. The second-order valence-electron chi connectivity index (χ2n) is 5.75. The lowest BCUT2D eigenvalue weighted by Crippen LogP contribution is -2.40. The van der Waals surface area contributed by atoms with E-state index in [1.54, 1.807) is 0 Å². The first-order valence-electron chi connectivity index (χ1n) is 7.54. The molecule has 1 aliphatic rings. The van der Waals surface area contributed by atoms with Gasteiger partial charge in [-0.25, -0.2) is 0 Å². The molecule has 1 aromatic rings. The number of hydrogen-bond donors (Lipinski definition) is 1. The molecule has 1 aliphatic carbocycles. The van der Waals surface area contributed by atoms with Gasteiger partial charge in [0.1, 0.15) is 0 Å². The molecule has 3 nitrogen and oxygen atoms in total. The average Bonchev–Trinajstić information content (AvgIpc) is 2.42. The summed E-state index contributed by atoms with van der Waals surface area (Å²) in [6.07, 6.45) is 7.13. The van der Waals surface area contributed by atoms with Crippen LogP contribution in [0.3, 0.4) is 0 Å². The highest BCUT2D eigenvalue weighted by Crippen LogP contribution is 2.23. The van der Waals surface area contributed by atoms with Crippen molar-refractivity contribution in [1.29, 1.82) is 0 Å². The fourth-order valence-corrected chi connectivity index (χ4v) is 3.06. The van der Waals surface area contributed by atoms with E-state index in [1.807, 2.05) is 12.3 Å². The highest BCUT2D eigenvalue weighted by atomic mass is 15.1. The molecular weight excluding hydrogens is 234 g/mol. The highest BCUT2D eigenvalue weighted by Gasteiger charge is 2.23. The van der Waals surface area contributed by atoms with E-state index in [0.29, 0.717) is 0 Å². The second kappa shape index (κ2) is 7.01. The molecule has 0 radical (unpaired) electrons. The zero-order valence-electron chi connectivity index (χ0n) is 12.5. The van der Waals surface area contributed by atoms with Crippen LogP contribution >= 0.6 is 0 Å². The van der Waals surface area contributed by atoms with Crippen molar-refractivity contribution < 1.29 is 0 Å². The summed E-state index contributed by atoms with van der Waals surface area (Å²) < 4.78 is 0. The van der Waals surface area contributed by atoms with Crippen molar-refractivity contribution in [2.75, 3.05) is 13.6 Å². The van der Waals surface area contributed by atoms with Gasteiger partial charge in [-0.05, 0) is 57.8 Å². The molecule has 1 aromatic heterocycles. The van der Waals surface area contributed by atoms with Gasteiger partial charge in [0.05, 0.1) is 5.69 Å². The van der Waals surface area contributed by atoms with Gasteiger partial charge >= 0.3 is 0 Å². The number of aromatic nitrogens is 1. The molecule has 0 saturated heterocycles. The summed E-state index contributed by atoms with van der Waals surface area (Å²) >= 11 is 0. The van der Waals surface area contributed by atoms with Crippen LogP contribution in [-0.2, 0) is 6.54 Å². The minimum atomic E-state index is 0.719. The lowest BCUT2D eigenvalue weighted by molar-refractivity contribution is 0.166. The first kappa shape index (κ1) is 14.5. The Morgan fingerprint density at radius 2 is 2.05 bits per heavy atom. The van der Waals surface area contributed by atoms with Gasteiger partial charge < -0.3 is 5.32 Å². The summed E-state index contributed by atoms with van der Waals surface area (Å²) in [6.45, 7) is 6.42. The van der Waals surface area contributed by atoms with Gasteiger partial charge in [-0.2, -0.15) is 0 Å². The normalized spacial score (nSPS) is 23.8. The van der Waals surface area contributed by atoms with Crippen molar-refractivity contribution >= 4 is 0 Å². The van der Waals surface area contributed by atoms with Gasteiger partial charge in [0.25, 0.3) is 0 Å². The van der Waals surface area contributed by atoms with Crippen molar-refractivity contribution in [3.05, 3.63) is 29.6 Å². The third-order valence-electron chi connectivity index (χ3n) is 4.33. The van der Waals surface area contributed by atoms with E-state index in [-0.39, 0.29) is 0 Å². The Labute approximate surface area is 117 Å². The molecule has 1 saturated carbocycles. The zero-order chi connectivity index (χ0) is 13.7. The molecule has 0 aliphatic heterocycles. The molecule has 1 heterocycles. The number of aryl methyl sites for hydroxylation is 1. The second-order valence-corrected chi connectivity index (χ2v) is 5.75. The van der Waals surface area contributed by atoms with Crippen LogP contribution in [0.2, 0.25) is 0 Å². The first-order valence-corrected chi connectivity index (χ1v) is 7.54. The fourth-order valence-electron chi connectivity index (χ4n) is 3.06. The van der Waals surface area contributed by atoms with Crippen LogP contribution in [0.1, 0.15) is 43.9 Å². The van der Waals surface area contributed by atoms with Gasteiger partial charge in [0.2, 0.25) is 0 Å². The van der Waals surface area contributed by atoms with Gasteiger partial charge in [-0.1, -0.05) is 13.0 Å². The van der Waals surface area contributed by atoms with E-state index < -0.39 is 0 Å². The van der Waals surface area contributed by atoms with Gasteiger partial charge in [-0.15, -0.1) is 0 Å². The van der Waals surface area contributed by atoms with Crippen molar-refractivity contribution in [2.45, 2.75) is 58.2 Å². The predicted octanol–water partition coefficient (Wildman–Crippen LogP) is 2.74. The van der Waals surface area contributed by atoms with Crippen molar-refractivity contribution in [3.63, 3.8) is 0 Å². The number of rotatable bonds is 5. The highest BCUT2D eigenvalue weighted by molar-refractivity contribution is 5.17. The number of pyridine rings is 1. The molecule has 0 bridgehead atoms. The monoisotopic (exact) mass is 261 g/mol. The smallest absolute Gasteiger partial charge is 0.0573 e. The van der Waals surface area contributed by atoms with Crippen molar-refractivity contribution in [1.82, 2.24) is 15.2 Å². The lowest BCUT2D eigenvalue weighted by Gasteiger charge is -2.35. The quantitative estimate of drug-likeness (QED) is 0.883. The Morgan fingerprint density at radius 3 is 2.68 bits per heavy atom. The summed E-state index contributed by atoms with van der Waals surface area (Å²) in [6, 6.07) is 5.63. The molecule has 0 aromatic carbocycles. The van der Waals surface area contributed by atoms with Crippen molar-refractivity contribution in [3.8, 4) is 0 Å². The lowest BCUT2D eigenvalue weighted by atomic mass is 9.90. The van der Waals surface area contributed by atoms with Crippen LogP contribution in [0.25, 0.3) is 0 Å². The molecule has 0 amide bonds. The SMILES string of the molecule is CCNC1CCC(N(C)Cc2ncccc2C)CC1. The Bertz CT molecular complexity index is 383. The summed E-state index contributed by atoms with van der Waals surface area (Å²) in [5.41, 5.74) is 2.52. The summed E-state index contributed by atoms with van der Waals surface area (Å²) in [5, 5.41) is 3.57. The summed E-state index contributed by atoms with van der Waals surface area (Å²) in [7, 11) is 2.24. The Hall–Kier alpha value is -0.930. The third-order valence-corrected chi connectivity index (χ3v) is 4.33. The standard InChI is InChI=1S/C16H27N3/c1-4-17-14-7-9-15(10-8-14)19(3)12-16-13(2)6-5-11-18-16/h5-6,11,14-15,17H,4,7-10,12H2,1-3H3. The molecule has 1 N–H and O–H groups in total. The van der Waals surface area contributed by atoms with E-state index in [4.69, 9.17) is 0 Å². The number of nitrogens with zero attached hydrogens (tertiary/aromatic N) is 2. The minimum absolute atomic E-state index is 0.719. The van der Waals surface area contributed by atoms with E-state index in [0.717, 1.165) is 25.2 Å². The Kier molecular flexibility index (Phi) is 5.34. The summed E-state index contributed by atoms with van der Waals surface area (Å²) in [4.78, 5) is 6.99. The van der Waals surface area contributed by atoms with Crippen molar-refractivity contribution in [2.24, 2.45) is 0 Å². The maximum Gasteiger partial charge on any atom is 0.0573 e. The largest absolute Gasteiger partial charge is 0.314 e. The Balaban J connectivity index is 1.85. The molecule has 1 fully saturated rings. The molecule has 2 rings (SSSR count). The minimum Gasteiger partial charge on any atom is -0.314 e. The predicted molar refractivity (Wildman–Crippen MR) is 80.2 cm³/mol. The number of nitrogens with one attached hydrogen (secondary N) is 1. The van der Waals surface area contributed by atoms with E-state index >= 15 is 0 Å². The van der Waals surface area contributed by atoms with E-state index in [9.17, 15) is 0 Å². The van der Waals surface area contributed by atoms with E-state index in [1.165, 1.54) is 36.9 Å². The molecular formula is C16H27N3. The summed E-state index contributed by atoms with van der Waals surface area (Å²) in [5.74, 6) is 0. The van der Waals surface area contributed by atoms with Crippen LogP contribution in [0, 0.1) is 6.92 Å². The number of hydrogen-bond acceptors (Lipinski definition) is 3. The molecule has 0 unspecified atom stereocenters. The van der Waals surface area contributed by atoms with Gasteiger partial charge in [0, 0.05) is 24.8 Å². The molecule has 3 heteroatoms. The molecule has 106 valence electrons.